The highest BCUT2D eigenvalue weighted by Crippen LogP contribution is 2.38. The first-order valence-corrected chi connectivity index (χ1v) is 13.6. The first kappa shape index (κ1) is 28.4. The molecule has 0 radical (unpaired) electrons. The molecule has 0 aliphatic carbocycles. The molecule has 1 aromatic heterocycles. The van der Waals surface area contributed by atoms with E-state index < -0.39 is 12.0 Å². The SMILES string of the molecule is COc1cc(OC)c(OC)cc1/C=c1\sc2n(c1=O)[C@H](c1cc(Br)ccc1OC)C(C(=O)OC(C)C)=C(C)N=2. The fourth-order valence-corrected chi connectivity index (χ4v) is 5.80. The molecule has 0 saturated heterocycles. The molecule has 0 unspecified atom stereocenters. The zero-order valence-electron chi connectivity index (χ0n) is 22.7. The van der Waals surface area contributed by atoms with Crippen LogP contribution in [0, 0.1) is 0 Å². The van der Waals surface area contributed by atoms with Crippen LogP contribution < -0.4 is 33.8 Å². The van der Waals surface area contributed by atoms with Gasteiger partial charge in [-0.05, 0) is 51.1 Å². The van der Waals surface area contributed by atoms with Gasteiger partial charge in [0.2, 0.25) is 0 Å². The van der Waals surface area contributed by atoms with Gasteiger partial charge in [-0.1, -0.05) is 27.3 Å². The first-order chi connectivity index (χ1) is 18.6. The zero-order chi connectivity index (χ0) is 28.4. The van der Waals surface area contributed by atoms with E-state index in [-0.39, 0.29) is 17.2 Å². The van der Waals surface area contributed by atoms with E-state index in [2.05, 4.69) is 20.9 Å². The van der Waals surface area contributed by atoms with Crippen LogP contribution >= 0.6 is 27.3 Å². The predicted molar refractivity (Wildman–Crippen MR) is 152 cm³/mol. The minimum atomic E-state index is -0.825. The standard InChI is InChI=1S/C28H29BrN2O7S/c1-14(2)38-27(33)24-15(3)30-28-31(25(24)18-12-17(29)8-9-19(18)34-4)26(32)23(39-28)11-16-10-21(36-6)22(37-7)13-20(16)35-5/h8-14,25H,1-7H3/b23-11-/t25-/m1/s1. The minimum Gasteiger partial charge on any atom is -0.496 e. The van der Waals surface area contributed by atoms with Crippen LogP contribution in [-0.2, 0) is 9.53 Å². The normalized spacial score (nSPS) is 15.1. The Balaban J connectivity index is 2.01. The zero-order valence-corrected chi connectivity index (χ0v) is 25.1. The molecule has 2 heterocycles. The molecule has 206 valence electrons. The van der Waals surface area contributed by atoms with E-state index in [0.717, 1.165) is 4.47 Å². The number of nitrogens with zero attached hydrogens (tertiary/aromatic N) is 2. The number of hydrogen-bond donors (Lipinski definition) is 0. The van der Waals surface area contributed by atoms with Gasteiger partial charge in [0.25, 0.3) is 5.56 Å². The molecule has 0 amide bonds. The Labute approximate surface area is 238 Å². The van der Waals surface area contributed by atoms with Crippen molar-refractivity contribution in [2.24, 2.45) is 4.99 Å². The summed E-state index contributed by atoms with van der Waals surface area (Å²) in [6.07, 6.45) is 1.36. The van der Waals surface area contributed by atoms with Gasteiger partial charge in [-0.25, -0.2) is 9.79 Å². The van der Waals surface area contributed by atoms with Gasteiger partial charge < -0.3 is 23.7 Å². The quantitative estimate of drug-likeness (QED) is 0.353. The average molecular weight is 618 g/mol. The molecule has 39 heavy (non-hydrogen) atoms. The Hall–Kier alpha value is -3.57. The van der Waals surface area contributed by atoms with Crippen LogP contribution in [-0.4, -0.2) is 45.1 Å². The lowest BCUT2D eigenvalue weighted by Gasteiger charge is -2.26. The van der Waals surface area contributed by atoms with Crippen molar-refractivity contribution in [2.75, 3.05) is 28.4 Å². The third-order valence-electron chi connectivity index (χ3n) is 6.09. The van der Waals surface area contributed by atoms with Crippen molar-refractivity contribution in [2.45, 2.75) is 32.9 Å². The molecule has 2 aromatic carbocycles. The number of fused-ring (bicyclic) bond motifs is 1. The van der Waals surface area contributed by atoms with Crippen LogP contribution in [0.2, 0.25) is 0 Å². The second-order valence-corrected chi connectivity index (χ2v) is 10.8. The van der Waals surface area contributed by atoms with Crippen LogP contribution in [0.1, 0.15) is 37.9 Å². The van der Waals surface area contributed by atoms with Gasteiger partial charge in [0, 0.05) is 21.7 Å². The van der Waals surface area contributed by atoms with Crippen molar-refractivity contribution >= 4 is 39.3 Å². The molecule has 0 bridgehead atoms. The summed E-state index contributed by atoms with van der Waals surface area (Å²) >= 11 is 4.72. The minimum absolute atomic E-state index is 0.266. The van der Waals surface area contributed by atoms with E-state index in [9.17, 15) is 9.59 Å². The Kier molecular flexibility index (Phi) is 8.51. The largest absolute Gasteiger partial charge is 0.496 e. The number of thiazole rings is 1. The molecule has 0 fully saturated rings. The van der Waals surface area contributed by atoms with Gasteiger partial charge in [-0.2, -0.15) is 0 Å². The van der Waals surface area contributed by atoms with E-state index in [1.54, 1.807) is 52.2 Å². The summed E-state index contributed by atoms with van der Waals surface area (Å²) in [7, 11) is 6.15. The maximum atomic E-state index is 14.0. The number of allylic oxidation sites excluding steroid dienone is 1. The highest BCUT2D eigenvalue weighted by atomic mass is 79.9. The Morgan fingerprint density at radius 3 is 2.26 bits per heavy atom. The van der Waals surface area contributed by atoms with E-state index in [1.165, 1.54) is 37.2 Å². The molecule has 1 atom stereocenters. The van der Waals surface area contributed by atoms with Gasteiger partial charge in [0.1, 0.15) is 17.5 Å². The predicted octanol–water partition coefficient (Wildman–Crippen LogP) is 3.98. The summed E-state index contributed by atoms with van der Waals surface area (Å²) in [6.45, 7) is 5.28. The molecule has 3 aromatic rings. The van der Waals surface area contributed by atoms with Crippen molar-refractivity contribution in [1.82, 2.24) is 4.57 Å². The number of esters is 1. The molecule has 1 aliphatic rings. The third-order valence-corrected chi connectivity index (χ3v) is 7.57. The summed E-state index contributed by atoms with van der Waals surface area (Å²) in [5.74, 6) is 1.46. The average Bonchev–Trinajstić information content (AvgIpc) is 3.21. The van der Waals surface area contributed by atoms with Crippen LogP contribution in [0.25, 0.3) is 6.08 Å². The fraction of sp³-hybridized carbons (Fsp3) is 0.321. The summed E-state index contributed by atoms with van der Waals surface area (Å²) in [4.78, 5) is 32.5. The summed E-state index contributed by atoms with van der Waals surface area (Å²) < 4.78 is 30.3. The number of aromatic nitrogens is 1. The molecule has 0 saturated carbocycles. The molecular formula is C28H29BrN2O7S. The summed E-state index contributed by atoms with van der Waals surface area (Å²) in [5.41, 5.74) is 1.64. The van der Waals surface area contributed by atoms with Crippen molar-refractivity contribution in [3.8, 4) is 23.0 Å². The van der Waals surface area contributed by atoms with Gasteiger partial charge in [0.05, 0.1) is 50.3 Å². The van der Waals surface area contributed by atoms with Gasteiger partial charge >= 0.3 is 5.97 Å². The lowest BCUT2D eigenvalue weighted by Crippen LogP contribution is -2.40. The van der Waals surface area contributed by atoms with Crippen LogP contribution in [0.4, 0.5) is 0 Å². The molecule has 1 aliphatic heterocycles. The Morgan fingerprint density at radius 2 is 1.64 bits per heavy atom. The van der Waals surface area contributed by atoms with Crippen LogP contribution in [0.15, 0.2) is 55.9 Å². The van der Waals surface area contributed by atoms with Crippen LogP contribution in [0.5, 0.6) is 23.0 Å². The van der Waals surface area contributed by atoms with E-state index in [4.69, 9.17) is 23.7 Å². The van der Waals surface area contributed by atoms with Gasteiger partial charge in [0.15, 0.2) is 16.3 Å². The fourth-order valence-electron chi connectivity index (χ4n) is 4.38. The molecule has 4 rings (SSSR count). The smallest absolute Gasteiger partial charge is 0.338 e. The molecule has 11 heteroatoms. The number of carbonyl (C=O) groups excluding carboxylic acids is 1. The number of hydrogen-bond acceptors (Lipinski definition) is 9. The topological polar surface area (TPSA) is 97.6 Å². The highest BCUT2D eigenvalue weighted by Gasteiger charge is 2.35. The molecule has 0 spiro atoms. The molecule has 0 N–H and O–H groups in total. The maximum absolute atomic E-state index is 14.0. The number of rotatable bonds is 8. The lowest BCUT2D eigenvalue weighted by atomic mass is 9.95. The Morgan fingerprint density at radius 1 is 1.00 bits per heavy atom. The van der Waals surface area contributed by atoms with Gasteiger partial charge in [-0.3, -0.25) is 9.36 Å². The second kappa shape index (κ2) is 11.7. The monoisotopic (exact) mass is 616 g/mol. The number of halogens is 1. The molecular weight excluding hydrogens is 588 g/mol. The van der Waals surface area contributed by atoms with Crippen molar-refractivity contribution in [1.29, 1.82) is 0 Å². The van der Waals surface area contributed by atoms with Crippen LogP contribution in [0.3, 0.4) is 0 Å². The van der Waals surface area contributed by atoms with E-state index in [0.29, 0.717) is 49.2 Å². The number of benzene rings is 2. The van der Waals surface area contributed by atoms with E-state index in [1.807, 2.05) is 12.1 Å². The number of methoxy groups -OCH3 is 4. The van der Waals surface area contributed by atoms with Crippen molar-refractivity contribution in [3.63, 3.8) is 0 Å². The Bertz CT molecular complexity index is 1640. The first-order valence-electron chi connectivity index (χ1n) is 12.0. The van der Waals surface area contributed by atoms with E-state index >= 15 is 0 Å². The van der Waals surface area contributed by atoms with Crippen molar-refractivity contribution < 1.29 is 28.5 Å². The van der Waals surface area contributed by atoms with Gasteiger partial charge in [-0.15, -0.1) is 0 Å². The summed E-state index contributed by atoms with van der Waals surface area (Å²) in [5, 5.41) is 0. The molecule has 9 nitrogen and oxygen atoms in total. The third kappa shape index (κ3) is 5.46. The highest BCUT2D eigenvalue weighted by molar-refractivity contribution is 9.10. The maximum Gasteiger partial charge on any atom is 0.338 e. The lowest BCUT2D eigenvalue weighted by molar-refractivity contribution is -0.143. The van der Waals surface area contributed by atoms with Crippen molar-refractivity contribution in [3.05, 3.63) is 76.9 Å². The number of ether oxygens (including phenoxy) is 5. The number of carbonyl (C=O) groups is 1. The second-order valence-electron chi connectivity index (χ2n) is 8.87. The summed E-state index contributed by atoms with van der Waals surface area (Å²) in [6, 6.07) is 8.05.